The number of rotatable bonds is 6. The molecule has 138 valence electrons. The molecule has 6 nitrogen and oxygen atoms in total. The van der Waals surface area contributed by atoms with E-state index in [1.54, 1.807) is 6.92 Å². The lowest BCUT2D eigenvalue weighted by atomic mass is 9.98. The summed E-state index contributed by atoms with van der Waals surface area (Å²) < 4.78 is 0. The van der Waals surface area contributed by atoms with Crippen molar-refractivity contribution in [1.29, 1.82) is 5.26 Å². The van der Waals surface area contributed by atoms with Gasteiger partial charge in [-0.05, 0) is 57.1 Å². The summed E-state index contributed by atoms with van der Waals surface area (Å²) in [5.74, 6) is 0.0214. The second-order valence-corrected chi connectivity index (χ2v) is 7.49. The van der Waals surface area contributed by atoms with Crippen LogP contribution < -0.4 is 10.6 Å². The van der Waals surface area contributed by atoms with Crippen molar-refractivity contribution in [2.75, 3.05) is 25.0 Å². The second-order valence-electron chi connectivity index (χ2n) is 7.49. The molecule has 0 spiro atoms. The third-order valence-electron chi connectivity index (χ3n) is 5.34. The van der Waals surface area contributed by atoms with Crippen LogP contribution in [0.15, 0.2) is 18.2 Å². The van der Waals surface area contributed by atoms with Crippen molar-refractivity contribution in [1.82, 2.24) is 10.2 Å². The number of aryl methyl sites for hydroxylation is 1. The molecule has 1 atom stereocenters. The lowest BCUT2D eigenvalue weighted by Gasteiger charge is -2.24. The summed E-state index contributed by atoms with van der Waals surface area (Å²) in [5.41, 5.74) is 1.39. The van der Waals surface area contributed by atoms with Crippen molar-refractivity contribution in [3.63, 3.8) is 0 Å². The number of carbonyl (C=O) groups is 2. The Bertz CT molecular complexity index is 745. The molecule has 2 fully saturated rings. The minimum atomic E-state index is -0.806. The van der Waals surface area contributed by atoms with Crippen molar-refractivity contribution in [2.24, 2.45) is 5.92 Å². The monoisotopic (exact) mass is 354 g/mol. The van der Waals surface area contributed by atoms with Gasteiger partial charge in [0.2, 0.25) is 5.91 Å². The van der Waals surface area contributed by atoms with Crippen molar-refractivity contribution in [3.05, 3.63) is 29.3 Å². The highest BCUT2D eigenvalue weighted by Crippen LogP contribution is 2.39. The van der Waals surface area contributed by atoms with Gasteiger partial charge < -0.3 is 15.5 Å². The molecule has 0 radical (unpaired) electrons. The molecule has 2 aliphatic rings. The minimum Gasteiger partial charge on any atom is -0.376 e. The van der Waals surface area contributed by atoms with Gasteiger partial charge in [-0.2, -0.15) is 5.26 Å². The molecule has 0 bridgehead atoms. The second kappa shape index (κ2) is 7.36. The molecule has 6 heteroatoms. The highest BCUT2D eigenvalue weighted by atomic mass is 16.2. The van der Waals surface area contributed by atoms with Crippen LogP contribution in [0.3, 0.4) is 0 Å². The van der Waals surface area contributed by atoms with Gasteiger partial charge in [0.1, 0.15) is 5.54 Å². The first-order valence-corrected chi connectivity index (χ1v) is 9.29. The van der Waals surface area contributed by atoms with Crippen LogP contribution in [0.1, 0.15) is 48.5 Å². The molecule has 1 saturated heterocycles. The van der Waals surface area contributed by atoms with Gasteiger partial charge in [0, 0.05) is 18.8 Å². The van der Waals surface area contributed by atoms with E-state index in [0.29, 0.717) is 11.3 Å². The SMILES string of the molecule is Cc1cccc(NCC(=O)N[C@@](C)(C#N)C2CC2)c1C(=O)N1CCCC1. The van der Waals surface area contributed by atoms with Gasteiger partial charge in [0.05, 0.1) is 18.2 Å². The summed E-state index contributed by atoms with van der Waals surface area (Å²) in [6.07, 6.45) is 4.03. The van der Waals surface area contributed by atoms with E-state index in [2.05, 4.69) is 16.7 Å². The summed E-state index contributed by atoms with van der Waals surface area (Å²) in [6.45, 7) is 5.30. The number of nitrogens with zero attached hydrogens (tertiary/aromatic N) is 2. The van der Waals surface area contributed by atoms with Crippen molar-refractivity contribution in [2.45, 2.75) is 45.1 Å². The maximum atomic E-state index is 12.8. The summed E-state index contributed by atoms with van der Waals surface area (Å²) >= 11 is 0. The van der Waals surface area contributed by atoms with Crippen molar-refractivity contribution in [3.8, 4) is 6.07 Å². The first-order valence-electron chi connectivity index (χ1n) is 9.29. The van der Waals surface area contributed by atoms with Gasteiger partial charge in [0.25, 0.3) is 5.91 Å². The first-order chi connectivity index (χ1) is 12.4. The minimum absolute atomic E-state index is 0.0170. The van der Waals surface area contributed by atoms with E-state index >= 15 is 0 Å². The maximum absolute atomic E-state index is 12.8. The zero-order valence-electron chi connectivity index (χ0n) is 15.5. The van der Waals surface area contributed by atoms with E-state index < -0.39 is 5.54 Å². The highest BCUT2D eigenvalue weighted by molar-refractivity contribution is 6.01. The standard InChI is InChI=1S/C20H26N4O2/c1-14-6-5-7-16(18(14)19(26)24-10-3-4-11-24)22-12-17(25)23-20(2,13-21)15-8-9-15/h5-7,15,22H,3-4,8-12H2,1-2H3,(H,23,25)/t20-/m0/s1. The van der Waals surface area contributed by atoms with Crippen molar-refractivity contribution < 1.29 is 9.59 Å². The van der Waals surface area contributed by atoms with E-state index in [1.807, 2.05) is 30.0 Å². The van der Waals surface area contributed by atoms with Crippen LogP contribution >= 0.6 is 0 Å². The van der Waals surface area contributed by atoms with Gasteiger partial charge in [-0.1, -0.05) is 12.1 Å². The van der Waals surface area contributed by atoms with Crippen LogP contribution in [0.25, 0.3) is 0 Å². The number of benzene rings is 1. The average Bonchev–Trinajstić information content (AvgIpc) is 3.35. The predicted molar refractivity (Wildman–Crippen MR) is 99.7 cm³/mol. The molecule has 2 amide bonds. The molecular weight excluding hydrogens is 328 g/mol. The largest absolute Gasteiger partial charge is 0.376 e. The van der Waals surface area contributed by atoms with Crippen LogP contribution in [-0.4, -0.2) is 41.9 Å². The summed E-state index contributed by atoms with van der Waals surface area (Å²) in [7, 11) is 0. The van der Waals surface area contributed by atoms with Gasteiger partial charge >= 0.3 is 0 Å². The Morgan fingerprint density at radius 3 is 2.62 bits per heavy atom. The lowest BCUT2D eigenvalue weighted by molar-refractivity contribution is -0.120. The predicted octanol–water partition coefficient (Wildman–Crippen LogP) is 2.45. The van der Waals surface area contributed by atoms with E-state index in [0.717, 1.165) is 44.3 Å². The topological polar surface area (TPSA) is 85.2 Å². The molecule has 1 saturated carbocycles. The Hall–Kier alpha value is -2.55. The van der Waals surface area contributed by atoms with Crippen LogP contribution in [0.5, 0.6) is 0 Å². The number of likely N-dealkylation sites (tertiary alicyclic amines) is 1. The Labute approximate surface area is 154 Å². The molecule has 0 aromatic heterocycles. The molecule has 3 rings (SSSR count). The van der Waals surface area contributed by atoms with Gasteiger partial charge in [0.15, 0.2) is 0 Å². The number of amides is 2. The van der Waals surface area contributed by atoms with E-state index in [-0.39, 0.29) is 24.3 Å². The Balaban J connectivity index is 1.68. The Morgan fingerprint density at radius 1 is 1.31 bits per heavy atom. The quantitative estimate of drug-likeness (QED) is 0.822. The van der Waals surface area contributed by atoms with Crippen molar-refractivity contribution >= 4 is 17.5 Å². The van der Waals surface area contributed by atoms with Gasteiger partial charge in [-0.15, -0.1) is 0 Å². The number of nitrogens with one attached hydrogen (secondary N) is 2. The fourth-order valence-corrected chi connectivity index (χ4v) is 3.57. The zero-order valence-corrected chi connectivity index (χ0v) is 15.5. The maximum Gasteiger partial charge on any atom is 0.256 e. The van der Waals surface area contributed by atoms with E-state index in [9.17, 15) is 14.9 Å². The number of nitriles is 1. The summed E-state index contributed by atoms with van der Waals surface area (Å²) in [5, 5.41) is 15.3. The third kappa shape index (κ3) is 3.82. The van der Waals surface area contributed by atoms with E-state index in [4.69, 9.17) is 0 Å². The molecule has 1 aliphatic heterocycles. The summed E-state index contributed by atoms with van der Waals surface area (Å²) in [6, 6.07) is 7.84. The molecule has 2 N–H and O–H groups in total. The number of hydrogen-bond donors (Lipinski definition) is 2. The van der Waals surface area contributed by atoms with Crippen LogP contribution in [0, 0.1) is 24.2 Å². The van der Waals surface area contributed by atoms with Gasteiger partial charge in [-0.25, -0.2) is 0 Å². The fraction of sp³-hybridized carbons (Fsp3) is 0.550. The molecule has 1 aromatic carbocycles. The molecule has 1 aliphatic carbocycles. The smallest absolute Gasteiger partial charge is 0.256 e. The lowest BCUT2D eigenvalue weighted by Crippen LogP contribution is -2.48. The Kier molecular flexibility index (Phi) is 5.17. The first kappa shape index (κ1) is 18.2. The van der Waals surface area contributed by atoms with Crippen LogP contribution in [0.2, 0.25) is 0 Å². The summed E-state index contributed by atoms with van der Waals surface area (Å²) in [4.78, 5) is 27.0. The number of hydrogen-bond acceptors (Lipinski definition) is 4. The number of anilines is 1. The fourth-order valence-electron chi connectivity index (χ4n) is 3.57. The zero-order chi connectivity index (χ0) is 18.7. The molecular formula is C20H26N4O2. The average molecular weight is 354 g/mol. The highest BCUT2D eigenvalue weighted by Gasteiger charge is 2.42. The molecule has 26 heavy (non-hydrogen) atoms. The number of carbonyl (C=O) groups excluding carboxylic acids is 2. The molecule has 0 unspecified atom stereocenters. The molecule has 1 heterocycles. The van der Waals surface area contributed by atoms with Crippen LogP contribution in [0.4, 0.5) is 5.69 Å². The Morgan fingerprint density at radius 2 is 2.00 bits per heavy atom. The van der Waals surface area contributed by atoms with Crippen LogP contribution in [-0.2, 0) is 4.79 Å². The van der Waals surface area contributed by atoms with Gasteiger partial charge in [-0.3, -0.25) is 9.59 Å². The normalized spacial score (nSPS) is 18.7. The molecule has 1 aromatic rings. The third-order valence-corrected chi connectivity index (χ3v) is 5.34. The van der Waals surface area contributed by atoms with E-state index in [1.165, 1.54) is 0 Å².